The summed E-state index contributed by atoms with van der Waals surface area (Å²) in [6.07, 6.45) is 2.14. The number of hydrogen-bond donors (Lipinski definition) is 0. The van der Waals surface area contributed by atoms with Gasteiger partial charge >= 0.3 is 0 Å². The van der Waals surface area contributed by atoms with Gasteiger partial charge in [-0.05, 0) is 6.07 Å². The van der Waals surface area contributed by atoms with Crippen molar-refractivity contribution in [2.24, 2.45) is 0 Å². The average molecular weight is 386 g/mol. The molecule has 2 saturated heterocycles. The number of rotatable bonds is 5. The first-order chi connectivity index (χ1) is 12.3. The van der Waals surface area contributed by atoms with Crippen LogP contribution in [-0.4, -0.2) is 68.4 Å². The van der Waals surface area contributed by atoms with Crippen molar-refractivity contribution in [2.45, 2.75) is 25.2 Å². The van der Waals surface area contributed by atoms with Gasteiger partial charge < -0.3 is 14.4 Å². The lowest BCUT2D eigenvalue weighted by molar-refractivity contribution is -0.187. The predicted molar refractivity (Wildman–Crippen MR) is 92.1 cm³/mol. The Balaban J connectivity index is 1.64. The number of hydrogen-bond acceptors (Lipinski definition) is 5. The Morgan fingerprint density at radius 1 is 1.23 bits per heavy atom. The maximum Gasteiger partial charge on any atom is 0.237 e. The third kappa shape index (κ3) is 4.40. The molecule has 2 heterocycles. The molecule has 1 aromatic carbocycles. The van der Waals surface area contributed by atoms with Gasteiger partial charge in [-0.25, -0.2) is 12.8 Å². The molecule has 0 atom stereocenters. The Morgan fingerprint density at radius 2 is 1.85 bits per heavy atom. The largest absolute Gasteiger partial charge is 0.347 e. The second kappa shape index (κ2) is 7.59. The summed E-state index contributed by atoms with van der Waals surface area (Å²) in [5, 5.41) is 0. The molecule has 144 valence electrons. The van der Waals surface area contributed by atoms with Gasteiger partial charge in [-0.3, -0.25) is 4.79 Å². The Morgan fingerprint density at radius 3 is 2.42 bits per heavy atom. The first kappa shape index (κ1) is 19.2. The van der Waals surface area contributed by atoms with Crippen LogP contribution in [0.4, 0.5) is 4.39 Å². The monoisotopic (exact) mass is 386 g/mol. The van der Waals surface area contributed by atoms with Crippen molar-refractivity contribution in [2.75, 3.05) is 39.1 Å². The number of sulfonamides is 1. The molecular formula is C17H23FN2O5S. The van der Waals surface area contributed by atoms with Crippen LogP contribution in [-0.2, 0) is 30.8 Å². The number of benzene rings is 1. The Hall–Kier alpha value is -1.55. The van der Waals surface area contributed by atoms with Crippen LogP contribution in [0, 0.1) is 5.82 Å². The van der Waals surface area contributed by atoms with Crippen LogP contribution in [0.5, 0.6) is 0 Å². The summed E-state index contributed by atoms with van der Waals surface area (Å²) in [7, 11) is -3.67. The zero-order valence-corrected chi connectivity index (χ0v) is 15.5. The quantitative estimate of drug-likeness (QED) is 0.753. The number of carbonyl (C=O) groups is 1. The Labute approximate surface area is 152 Å². The highest BCUT2D eigenvalue weighted by Crippen LogP contribution is 2.31. The normalized spacial score (nSPS) is 20.0. The molecule has 7 nitrogen and oxygen atoms in total. The van der Waals surface area contributed by atoms with Crippen LogP contribution in [0.1, 0.15) is 18.4 Å². The number of amides is 1. The molecule has 0 N–H and O–H groups in total. The van der Waals surface area contributed by atoms with Gasteiger partial charge in [0, 0.05) is 38.0 Å². The number of nitrogens with zero attached hydrogens (tertiary/aromatic N) is 2. The third-order valence-electron chi connectivity index (χ3n) is 4.78. The topological polar surface area (TPSA) is 76.2 Å². The SMILES string of the molecule is CS(=O)(=O)N(CC(=O)N1CCC2(CC1)OCCO2)Cc1ccccc1F. The molecule has 0 saturated carbocycles. The van der Waals surface area contributed by atoms with E-state index in [4.69, 9.17) is 9.47 Å². The third-order valence-corrected chi connectivity index (χ3v) is 5.97. The molecule has 26 heavy (non-hydrogen) atoms. The number of halogens is 1. The zero-order valence-electron chi connectivity index (χ0n) is 14.7. The Bertz CT molecular complexity index is 754. The van der Waals surface area contributed by atoms with E-state index in [-0.39, 0.29) is 24.6 Å². The molecule has 2 aliphatic rings. The van der Waals surface area contributed by atoms with E-state index in [0.717, 1.165) is 10.6 Å². The van der Waals surface area contributed by atoms with Gasteiger partial charge in [0.1, 0.15) is 5.82 Å². The molecule has 0 aromatic heterocycles. The van der Waals surface area contributed by atoms with Crippen LogP contribution < -0.4 is 0 Å². The molecule has 1 aromatic rings. The lowest BCUT2D eigenvalue weighted by Crippen LogP contribution is -2.50. The predicted octanol–water partition coefficient (Wildman–Crippen LogP) is 0.953. The molecule has 2 fully saturated rings. The molecule has 0 aliphatic carbocycles. The molecule has 2 aliphatic heterocycles. The summed E-state index contributed by atoms with van der Waals surface area (Å²) in [6, 6.07) is 5.94. The number of carbonyl (C=O) groups excluding carboxylic acids is 1. The van der Waals surface area contributed by atoms with Gasteiger partial charge in [0.2, 0.25) is 15.9 Å². The van der Waals surface area contributed by atoms with Gasteiger partial charge in [-0.15, -0.1) is 0 Å². The summed E-state index contributed by atoms with van der Waals surface area (Å²) in [5.41, 5.74) is 0.232. The Kier molecular flexibility index (Phi) is 5.61. The molecular weight excluding hydrogens is 363 g/mol. The van der Waals surface area contributed by atoms with E-state index in [0.29, 0.717) is 39.1 Å². The maximum atomic E-state index is 13.9. The second-order valence-corrected chi connectivity index (χ2v) is 8.59. The van der Waals surface area contributed by atoms with E-state index < -0.39 is 21.6 Å². The molecule has 0 radical (unpaired) electrons. The summed E-state index contributed by atoms with van der Waals surface area (Å²) >= 11 is 0. The first-order valence-corrected chi connectivity index (χ1v) is 10.4. The van der Waals surface area contributed by atoms with Crippen LogP contribution in [0.2, 0.25) is 0 Å². The minimum atomic E-state index is -3.67. The van der Waals surface area contributed by atoms with E-state index in [1.54, 1.807) is 11.0 Å². The minimum absolute atomic E-state index is 0.179. The maximum absolute atomic E-state index is 13.9. The van der Waals surface area contributed by atoms with E-state index in [2.05, 4.69) is 0 Å². The van der Waals surface area contributed by atoms with Crippen molar-refractivity contribution in [3.05, 3.63) is 35.6 Å². The fourth-order valence-corrected chi connectivity index (χ4v) is 3.96. The van der Waals surface area contributed by atoms with Crippen LogP contribution in [0.25, 0.3) is 0 Å². The highest BCUT2D eigenvalue weighted by molar-refractivity contribution is 7.88. The highest BCUT2D eigenvalue weighted by atomic mass is 32.2. The molecule has 9 heteroatoms. The summed E-state index contributed by atoms with van der Waals surface area (Å²) in [6.45, 7) is 1.49. The van der Waals surface area contributed by atoms with Crippen molar-refractivity contribution in [1.29, 1.82) is 0 Å². The summed E-state index contributed by atoms with van der Waals surface area (Å²) < 4.78 is 50.2. The van der Waals surface area contributed by atoms with Crippen molar-refractivity contribution < 1.29 is 27.1 Å². The zero-order chi connectivity index (χ0) is 18.8. The number of piperidine rings is 1. The fourth-order valence-electron chi connectivity index (χ4n) is 3.24. The van der Waals surface area contributed by atoms with Crippen molar-refractivity contribution in [1.82, 2.24) is 9.21 Å². The number of ether oxygens (including phenoxy) is 2. The van der Waals surface area contributed by atoms with E-state index in [1.807, 2.05) is 0 Å². The highest BCUT2D eigenvalue weighted by Gasteiger charge is 2.41. The summed E-state index contributed by atoms with van der Waals surface area (Å²) in [4.78, 5) is 14.2. The standard InChI is InChI=1S/C17H23FN2O5S/c1-26(22,23)20(12-14-4-2-3-5-15(14)18)13-16(21)19-8-6-17(7-9-19)24-10-11-25-17/h2-5H,6-13H2,1H3. The van der Waals surface area contributed by atoms with Crippen molar-refractivity contribution >= 4 is 15.9 Å². The molecule has 0 unspecified atom stereocenters. The first-order valence-electron chi connectivity index (χ1n) is 8.53. The van der Waals surface area contributed by atoms with Gasteiger partial charge in [-0.2, -0.15) is 4.31 Å². The summed E-state index contributed by atoms with van der Waals surface area (Å²) in [5.74, 6) is -1.40. The molecule has 0 bridgehead atoms. The number of likely N-dealkylation sites (tertiary alicyclic amines) is 1. The lowest BCUT2D eigenvalue weighted by Gasteiger charge is -2.38. The average Bonchev–Trinajstić information content (AvgIpc) is 3.04. The van der Waals surface area contributed by atoms with Crippen molar-refractivity contribution in [3.8, 4) is 0 Å². The van der Waals surface area contributed by atoms with E-state index in [9.17, 15) is 17.6 Å². The minimum Gasteiger partial charge on any atom is -0.347 e. The molecule has 1 amide bonds. The molecule has 1 spiro atoms. The van der Waals surface area contributed by atoms with Crippen molar-refractivity contribution in [3.63, 3.8) is 0 Å². The van der Waals surface area contributed by atoms with Crippen LogP contribution in [0.15, 0.2) is 24.3 Å². The van der Waals surface area contributed by atoms with E-state index in [1.165, 1.54) is 18.2 Å². The van der Waals surface area contributed by atoms with Gasteiger partial charge in [0.15, 0.2) is 5.79 Å². The smallest absolute Gasteiger partial charge is 0.237 e. The van der Waals surface area contributed by atoms with Gasteiger partial charge in [-0.1, -0.05) is 18.2 Å². The van der Waals surface area contributed by atoms with E-state index >= 15 is 0 Å². The lowest BCUT2D eigenvalue weighted by atomic mass is 10.0. The van der Waals surface area contributed by atoms with Crippen LogP contribution in [0.3, 0.4) is 0 Å². The van der Waals surface area contributed by atoms with Gasteiger partial charge in [0.25, 0.3) is 0 Å². The fraction of sp³-hybridized carbons (Fsp3) is 0.588. The second-order valence-electron chi connectivity index (χ2n) is 6.61. The van der Waals surface area contributed by atoms with Gasteiger partial charge in [0.05, 0.1) is 26.0 Å². The van der Waals surface area contributed by atoms with Crippen LogP contribution >= 0.6 is 0 Å². The molecule has 3 rings (SSSR count).